The normalized spacial score (nSPS) is 30.5. The van der Waals surface area contributed by atoms with Gasteiger partial charge >= 0.3 is 0 Å². The van der Waals surface area contributed by atoms with Crippen molar-refractivity contribution in [2.75, 3.05) is 27.7 Å². The number of ether oxygens (including phenoxy) is 1. The SMILES string of the molecule is CCCC1OC1C[N+](C)(C)C. The Morgan fingerprint density at radius 1 is 1.18 bits per heavy atom. The van der Waals surface area contributed by atoms with E-state index in [1.54, 1.807) is 0 Å². The van der Waals surface area contributed by atoms with Gasteiger partial charge in [-0.25, -0.2) is 0 Å². The van der Waals surface area contributed by atoms with Crippen molar-refractivity contribution in [1.82, 2.24) is 0 Å². The summed E-state index contributed by atoms with van der Waals surface area (Å²) < 4.78 is 6.54. The van der Waals surface area contributed by atoms with Crippen molar-refractivity contribution in [3.63, 3.8) is 0 Å². The van der Waals surface area contributed by atoms with Crippen LogP contribution in [0.15, 0.2) is 0 Å². The van der Waals surface area contributed by atoms with Gasteiger partial charge in [-0.2, -0.15) is 0 Å². The van der Waals surface area contributed by atoms with Gasteiger partial charge in [-0.1, -0.05) is 13.3 Å². The minimum atomic E-state index is 0.551. The number of rotatable bonds is 4. The van der Waals surface area contributed by atoms with E-state index < -0.39 is 0 Å². The first-order valence-electron chi connectivity index (χ1n) is 4.49. The smallest absolute Gasteiger partial charge is 0.133 e. The summed E-state index contributed by atoms with van der Waals surface area (Å²) in [6.07, 6.45) is 3.62. The van der Waals surface area contributed by atoms with E-state index in [4.69, 9.17) is 4.74 Å². The van der Waals surface area contributed by atoms with Crippen LogP contribution in [0.25, 0.3) is 0 Å². The van der Waals surface area contributed by atoms with E-state index in [9.17, 15) is 0 Å². The zero-order chi connectivity index (χ0) is 8.48. The summed E-state index contributed by atoms with van der Waals surface area (Å²) in [6, 6.07) is 0. The van der Waals surface area contributed by atoms with Crippen LogP contribution < -0.4 is 0 Å². The third-order valence-electron chi connectivity index (χ3n) is 1.99. The van der Waals surface area contributed by atoms with Crippen LogP contribution in [0.5, 0.6) is 0 Å². The molecule has 1 aliphatic heterocycles. The highest BCUT2D eigenvalue weighted by Crippen LogP contribution is 2.27. The molecule has 0 aliphatic carbocycles. The lowest BCUT2D eigenvalue weighted by Crippen LogP contribution is -2.38. The summed E-state index contributed by atoms with van der Waals surface area (Å²) in [6.45, 7) is 3.37. The monoisotopic (exact) mass is 158 g/mol. The minimum Gasteiger partial charge on any atom is -0.363 e. The quantitative estimate of drug-likeness (QED) is 0.443. The molecule has 0 amide bonds. The lowest BCUT2D eigenvalue weighted by molar-refractivity contribution is -0.870. The molecule has 2 unspecified atom stereocenters. The summed E-state index contributed by atoms with van der Waals surface area (Å²) in [5.41, 5.74) is 0. The first-order chi connectivity index (χ1) is 5.03. The standard InChI is InChI=1S/C9H20NO/c1-5-6-8-9(11-8)7-10(2,3)4/h8-9H,5-7H2,1-4H3/q+1. The summed E-state index contributed by atoms with van der Waals surface area (Å²) >= 11 is 0. The van der Waals surface area contributed by atoms with E-state index in [0.717, 1.165) is 11.0 Å². The molecule has 0 aromatic carbocycles. The zero-order valence-corrected chi connectivity index (χ0v) is 8.13. The number of quaternary nitrogens is 1. The topological polar surface area (TPSA) is 12.5 Å². The maximum Gasteiger partial charge on any atom is 0.133 e. The molecule has 0 saturated carbocycles. The average molecular weight is 158 g/mol. The highest BCUT2D eigenvalue weighted by atomic mass is 16.6. The molecule has 2 atom stereocenters. The maximum absolute atomic E-state index is 5.52. The fraction of sp³-hybridized carbons (Fsp3) is 1.00. The third kappa shape index (κ3) is 3.21. The van der Waals surface area contributed by atoms with Crippen molar-refractivity contribution in [1.29, 1.82) is 0 Å². The van der Waals surface area contributed by atoms with Crippen LogP contribution in [0.3, 0.4) is 0 Å². The van der Waals surface area contributed by atoms with Crippen LogP contribution in [0, 0.1) is 0 Å². The van der Waals surface area contributed by atoms with Crippen LogP contribution in [0.2, 0.25) is 0 Å². The highest BCUT2D eigenvalue weighted by Gasteiger charge is 2.41. The first kappa shape index (κ1) is 9.01. The van der Waals surface area contributed by atoms with Crippen molar-refractivity contribution in [2.24, 2.45) is 0 Å². The fourth-order valence-corrected chi connectivity index (χ4v) is 1.42. The van der Waals surface area contributed by atoms with E-state index in [1.807, 2.05) is 0 Å². The van der Waals surface area contributed by atoms with E-state index in [-0.39, 0.29) is 0 Å². The molecule has 0 spiro atoms. The summed E-state index contributed by atoms with van der Waals surface area (Å²) in [5.74, 6) is 0. The Kier molecular flexibility index (Phi) is 2.55. The van der Waals surface area contributed by atoms with Gasteiger partial charge < -0.3 is 9.22 Å². The molecule has 11 heavy (non-hydrogen) atoms. The number of hydrogen-bond acceptors (Lipinski definition) is 1. The molecular weight excluding hydrogens is 138 g/mol. The van der Waals surface area contributed by atoms with Gasteiger partial charge in [0.05, 0.1) is 27.2 Å². The van der Waals surface area contributed by atoms with Gasteiger partial charge in [0.1, 0.15) is 12.6 Å². The molecule has 66 valence electrons. The van der Waals surface area contributed by atoms with Gasteiger partial charge in [-0.15, -0.1) is 0 Å². The minimum absolute atomic E-state index is 0.551. The fourth-order valence-electron chi connectivity index (χ4n) is 1.42. The second kappa shape index (κ2) is 3.11. The van der Waals surface area contributed by atoms with Crippen molar-refractivity contribution in [3.8, 4) is 0 Å². The van der Waals surface area contributed by atoms with Crippen LogP contribution >= 0.6 is 0 Å². The Balaban J connectivity index is 2.13. The Bertz CT molecular complexity index is 128. The highest BCUT2D eigenvalue weighted by molar-refractivity contribution is 4.83. The Labute approximate surface area is 69.7 Å². The maximum atomic E-state index is 5.52. The molecule has 1 rings (SSSR count). The summed E-state index contributed by atoms with van der Waals surface area (Å²) in [7, 11) is 6.64. The van der Waals surface area contributed by atoms with Gasteiger partial charge in [0.15, 0.2) is 0 Å². The molecule has 0 N–H and O–H groups in total. The predicted octanol–water partition coefficient (Wildman–Crippen LogP) is 1.26. The molecule has 1 fully saturated rings. The Morgan fingerprint density at radius 2 is 1.82 bits per heavy atom. The van der Waals surface area contributed by atoms with E-state index in [1.165, 1.54) is 12.8 Å². The molecule has 0 aromatic rings. The lowest BCUT2D eigenvalue weighted by Gasteiger charge is -2.22. The molecule has 2 heteroatoms. The molecule has 1 saturated heterocycles. The third-order valence-corrected chi connectivity index (χ3v) is 1.99. The van der Waals surface area contributed by atoms with E-state index >= 15 is 0 Å². The lowest BCUT2D eigenvalue weighted by atomic mass is 10.2. The molecule has 0 bridgehead atoms. The number of hydrogen-bond donors (Lipinski definition) is 0. The van der Waals surface area contributed by atoms with Gasteiger partial charge in [0, 0.05) is 0 Å². The molecule has 0 aromatic heterocycles. The van der Waals surface area contributed by atoms with Gasteiger partial charge in [0.25, 0.3) is 0 Å². The summed E-state index contributed by atoms with van der Waals surface area (Å²) in [5, 5.41) is 0. The number of epoxide rings is 1. The zero-order valence-electron chi connectivity index (χ0n) is 8.13. The van der Waals surface area contributed by atoms with Crippen LogP contribution in [-0.2, 0) is 4.74 Å². The molecular formula is C9H20NO+. The second-order valence-electron chi connectivity index (χ2n) is 4.47. The van der Waals surface area contributed by atoms with Gasteiger partial charge in [0.2, 0.25) is 0 Å². The molecule has 0 radical (unpaired) electrons. The number of nitrogens with zero attached hydrogens (tertiary/aromatic N) is 1. The second-order valence-corrected chi connectivity index (χ2v) is 4.47. The van der Waals surface area contributed by atoms with E-state index in [0.29, 0.717) is 12.2 Å². The van der Waals surface area contributed by atoms with Crippen molar-refractivity contribution < 1.29 is 9.22 Å². The van der Waals surface area contributed by atoms with Crippen LogP contribution in [0.4, 0.5) is 0 Å². The Hall–Kier alpha value is -0.0800. The average Bonchev–Trinajstić information content (AvgIpc) is 2.44. The predicted molar refractivity (Wildman–Crippen MR) is 46.5 cm³/mol. The first-order valence-corrected chi connectivity index (χ1v) is 4.49. The molecule has 1 aliphatic rings. The Morgan fingerprint density at radius 3 is 2.27 bits per heavy atom. The van der Waals surface area contributed by atoms with Crippen molar-refractivity contribution in [3.05, 3.63) is 0 Å². The van der Waals surface area contributed by atoms with Crippen LogP contribution in [-0.4, -0.2) is 44.4 Å². The van der Waals surface area contributed by atoms with Gasteiger partial charge in [-0.3, -0.25) is 0 Å². The van der Waals surface area contributed by atoms with Crippen molar-refractivity contribution >= 4 is 0 Å². The van der Waals surface area contributed by atoms with Gasteiger partial charge in [-0.05, 0) is 6.42 Å². The molecule has 1 heterocycles. The summed E-state index contributed by atoms with van der Waals surface area (Å²) in [4.78, 5) is 0. The molecule has 2 nitrogen and oxygen atoms in total. The number of likely N-dealkylation sites (N-methyl/N-ethyl adjacent to an activating group) is 1. The largest absolute Gasteiger partial charge is 0.363 e. The van der Waals surface area contributed by atoms with Crippen LogP contribution in [0.1, 0.15) is 19.8 Å². The van der Waals surface area contributed by atoms with E-state index in [2.05, 4.69) is 28.1 Å². The van der Waals surface area contributed by atoms with Crippen molar-refractivity contribution in [2.45, 2.75) is 32.0 Å².